The molecule has 6 heteroatoms. The van der Waals surface area contributed by atoms with E-state index in [0.717, 1.165) is 48.4 Å². The van der Waals surface area contributed by atoms with Gasteiger partial charge in [-0.15, -0.1) is 0 Å². The summed E-state index contributed by atoms with van der Waals surface area (Å²) in [5.74, 6) is 2.55. The minimum absolute atomic E-state index is 0.354. The van der Waals surface area contributed by atoms with E-state index >= 15 is 0 Å². The second kappa shape index (κ2) is 6.51. The molecule has 128 valence electrons. The lowest BCUT2D eigenvalue weighted by Crippen LogP contribution is -2.41. The summed E-state index contributed by atoms with van der Waals surface area (Å²) in [4.78, 5) is 16.1. The summed E-state index contributed by atoms with van der Waals surface area (Å²) in [5, 5.41) is 3.60. The Morgan fingerprint density at radius 2 is 2.00 bits per heavy atom. The van der Waals surface area contributed by atoms with Crippen LogP contribution >= 0.6 is 0 Å². The van der Waals surface area contributed by atoms with Gasteiger partial charge in [0.1, 0.15) is 17.9 Å². The normalized spacial score (nSPS) is 21.8. The van der Waals surface area contributed by atoms with Gasteiger partial charge in [-0.3, -0.25) is 4.90 Å². The van der Waals surface area contributed by atoms with Crippen LogP contribution in [0.15, 0.2) is 16.7 Å². The van der Waals surface area contributed by atoms with E-state index in [1.165, 1.54) is 25.7 Å². The highest BCUT2D eigenvalue weighted by Gasteiger charge is 2.31. The Morgan fingerprint density at radius 1 is 1.17 bits per heavy atom. The van der Waals surface area contributed by atoms with Gasteiger partial charge >= 0.3 is 0 Å². The van der Waals surface area contributed by atoms with E-state index in [2.05, 4.69) is 26.3 Å². The van der Waals surface area contributed by atoms with Crippen LogP contribution in [0.1, 0.15) is 61.2 Å². The SMILES string of the molecule is Cc1nc(NC2CCCC2)cc([C@H]2CCN2Cc2coc(C)n2)n1. The molecule has 1 saturated carbocycles. The van der Waals surface area contributed by atoms with Gasteiger partial charge in [-0.05, 0) is 26.2 Å². The fourth-order valence-electron chi connectivity index (χ4n) is 3.77. The van der Waals surface area contributed by atoms with Crippen LogP contribution in [0.3, 0.4) is 0 Å². The lowest BCUT2D eigenvalue weighted by molar-refractivity contribution is 0.0770. The van der Waals surface area contributed by atoms with Gasteiger partial charge in [-0.25, -0.2) is 15.0 Å². The maximum atomic E-state index is 5.31. The zero-order chi connectivity index (χ0) is 16.5. The molecule has 2 aromatic heterocycles. The zero-order valence-corrected chi connectivity index (χ0v) is 14.5. The standard InChI is InChI=1S/C18H25N5O/c1-12-19-16(9-18(20-12)22-14-5-3-4-6-14)17-7-8-23(17)10-15-11-24-13(2)21-15/h9,11,14,17H,3-8,10H2,1-2H3,(H,19,20,22)/t17-/m1/s1. The number of aromatic nitrogens is 3. The fraction of sp³-hybridized carbons (Fsp3) is 0.611. The highest BCUT2D eigenvalue weighted by Crippen LogP contribution is 2.34. The molecule has 0 radical (unpaired) electrons. The molecule has 6 nitrogen and oxygen atoms in total. The number of hydrogen-bond acceptors (Lipinski definition) is 6. The molecule has 24 heavy (non-hydrogen) atoms. The van der Waals surface area contributed by atoms with Gasteiger partial charge in [0.2, 0.25) is 0 Å². The summed E-state index contributed by atoms with van der Waals surface area (Å²) >= 11 is 0. The van der Waals surface area contributed by atoms with Crippen LogP contribution in [0, 0.1) is 13.8 Å². The number of anilines is 1. The molecule has 0 aromatic carbocycles. The average Bonchev–Trinajstić information content (AvgIpc) is 3.15. The molecular formula is C18H25N5O. The molecule has 0 bridgehead atoms. The third-order valence-electron chi connectivity index (χ3n) is 5.07. The molecule has 1 N–H and O–H groups in total. The molecule has 0 spiro atoms. The third-order valence-corrected chi connectivity index (χ3v) is 5.07. The zero-order valence-electron chi connectivity index (χ0n) is 14.5. The second-order valence-electron chi connectivity index (χ2n) is 6.98. The third kappa shape index (κ3) is 3.29. The predicted molar refractivity (Wildman–Crippen MR) is 91.7 cm³/mol. The Labute approximate surface area is 142 Å². The molecule has 4 rings (SSSR count). The van der Waals surface area contributed by atoms with Crippen molar-refractivity contribution in [2.75, 3.05) is 11.9 Å². The maximum Gasteiger partial charge on any atom is 0.191 e. The van der Waals surface area contributed by atoms with Crippen molar-refractivity contribution in [1.82, 2.24) is 19.9 Å². The van der Waals surface area contributed by atoms with E-state index in [1.54, 1.807) is 6.26 Å². The summed E-state index contributed by atoms with van der Waals surface area (Å²) in [6.07, 6.45) is 8.03. The number of nitrogens with zero attached hydrogens (tertiary/aromatic N) is 4. The molecule has 1 aliphatic heterocycles. The van der Waals surface area contributed by atoms with Crippen molar-refractivity contribution < 1.29 is 4.42 Å². The first-order valence-electron chi connectivity index (χ1n) is 8.94. The van der Waals surface area contributed by atoms with E-state index in [0.29, 0.717) is 12.1 Å². The maximum absolute atomic E-state index is 5.31. The molecule has 0 amide bonds. The molecular weight excluding hydrogens is 302 g/mol. The number of nitrogens with one attached hydrogen (secondary N) is 1. The van der Waals surface area contributed by atoms with Crippen molar-refractivity contribution >= 4 is 5.82 Å². The first kappa shape index (κ1) is 15.6. The number of oxazole rings is 1. The Hall–Kier alpha value is -1.95. The van der Waals surface area contributed by atoms with E-state index < -0.39 is 0 Å². The number of hydrogen-bond donors (Lipinski definition) is 1. The van der Waals surface area contributed by atoms with E-state index in [-0.39, 0.29) is 0 Å². The molecule has 1 saturated heterocycles. The summed E-state index contributed by atoms with van der Waals surface area (Å²) in [6, 6.07) is 3.06. The van der Waals surface area contributed by atoms with Crippen molar-refractivity contribution in [3.05, 3.63) is 35.4 Å². The Balaban J connectivity index is 1.47. The van der Waals surface area contributed by atoms with Crippen LogP contribution in [0.25, 0.3) is 0 Å². The van der Waals surface area contributed by atoms with Gasteiger partial charge in [-0.1, -0.05) is 12.8 Å². The van der Waals surface area contributed by atoms with Crippen LogP contribution in [0.4, 0.5) is 5.82 Å². The summed E-state index contributed by atoms with van der Waals surface area (Å²) in [6.45, 7) is 5.75. The van der Waals surface area contributed by atoms with Gasteiger partial charge in [-0.2, -0.15) is 0 Å². The summed E-state index contributed by atoms with van der Waals surface area (Å²) in [5.41, 5.74) is 2.11. The fourth-order valence-corrected chi connectivity index (χ4v) is 3.77. The van der Waals surface area contributed by atoms with Gasteiger partial charge in [0, 0.05) is 32.1 Å². The lowest BCUT2D eigenvalue weighted by atomic mass is 9.99. The van der Waals surface area contributed by atoms with E-state index in [9.17, 15) is 0 Å². The Bertz CT molecular complexity index is 707. The van der Waals surface area contributed by atoms with Gasteiger partial charge in [0.25, 0.3) is 0 Å². The largest absolute Gasteiger partial charge is 0.449 e. The molecule has 2 fully saturated rings. The number of aryl methyl sites for hydroxylation is 2. The van der Waals surface area contributed by atoms with Crippen molar-refractivity contribution in [3.8, 4) is 0 Å². The quantitative estimate of drug-likeness (QED) is 0.908. The van der Waals surface area contributed by atoms with Crippen LogP contribution in [0.5, 0.6) is 0 Å². The number of rotatable bonds is 5. The number of likely N-dealkylation sites (tertiary alicyclic amines) is 1. The monoisotopic (exact) mass is 327 g/mol. The topological polar surface area (TPSA) is 67.1 Å². The van der Waals surface area contributed by atoms with Crippen LogP contribution in [-0.4, -0.2) is 32.4 Å². The Morgan fingerprint density at radius 3 is 2.67 bits per heavy atom. The van der Waals surface area contributed by atoms with Crippen molar-refractivity contribution in [1.29, 1.82) is 0 Å². The molecule has 3 heterocycles. The highest BCUT2D eigenvalue weighted by molar-refractivity contribution is 5.38. The van der Waals surface area contributed by atoms with Gasteiger partial charge in [0.05, 0.1) is 17.4 Å². The van der Waals surface area contributed by atoms with Crippen molar-refractivity contribution in [3.63, 3.8) is 0 Å². The average molecular weight is 327 g/mol. The minimum atomic E-state index is 0.354. The molecule has 1 aliphatic carbocycles. The van der Waals surface area contributed by atoms with E-state index in [1.807, 2.05) is 13.8 Å². The van der Waals surface area contributed by atoms with Crippen molar-refractivity contribution in [2.24, 2.45) is 0 Å². The highest BCUT2D eigenvalue weighted by atomic mass is 16.3. The van der Waals surface area contributed by atoms with Gasteiger partial charge in [0.15, 0.2) is 5.89 Å². The second-order valence-corrected chi connectivity index (χ2v) is 6.98. The predicted octanol–water partition coefficient (Wildman–Crippen LogP) is 3.38. The van der Waals surface area contributed by atoms with Gasteiger partial charge < -0.3 is 9.73 Å². The van der Waals surface area contributed by atoms with Crippen LogP contribution in [0.2, 0.25) is 0 Å². The first-order chi connectivity index (χ1) is 11.7. The van der Waals surface area contributed by atoms with Crippen LogP contribution in [-0.2, 0) is 6.54 Å². The van der Waals surface area contributed by atoms with E-state index in [4.69, 9.17) is 9.40 Å². The molecule has 2 aliphatic rings. The Kier molecular flexibility index (Phi) is 4.22. The lowest BCUT2D eigenvalue weighted by Gasteiger charge is -2.40. The minimum Gasteiger partial charge on any atom is -0.449 e. The molecule has 1 atom stereocenters. The molecule has 2 aromatic rings. The summed E-state index contributed by atoms with van der Waals surface area (Å²) < 4.78 is 5.31. The smallest absolute Gasteiger partial charge is 0.191 e. The van der Waals surface area contributed by atoms with Crippen LogP contribution < -0.4 is 5.32 Å². The van der Waals surface area contributed by atoms with Crippen molar-refractivity contribution in [2.45, 2.75) is 64.6 Å². The first-order valence-corrected chi connectivity index (χ1v) is 8.94. The molecule has 0 unspecified atom stereocenters. The summed E-state index contributed by atoms with van der Waals surface area (Å²) in [7, 11) is 0.